The molecule has 16 heavy (non-hydrogen) atoms. The normalized spacial score (nSPS) is 17.5. The van der Waals surface area contributed by atoms with Gasteiger partial charge in [-0.15, -0.1) is 0 Å². The van der Waals surface area contributed by atoms with Gasteiger partial charge in [-0.3, -0.25) is 0 Å². The van der Waals surface area contributed by atoms with Gasteiger partial charge in [0.2, 0.25) is 0 Å². The van der Waals surface area contributed by atoms with E-state index in [0.717, 1.165) is 29.7 Å². The average molecular weight is 282 g/mol. The van der Waals surface area contributed by atoms with Crippen LogP contribution in [-0.4, -0.2) is 13.7 Å². The highest BCUT2D eigenvalue weighted by Gasteiger charge is 2.17. The number of nitrogens with one attached hydrogen (secondary N) is 1. The summed E-state index contributed by atoms with van der Waals surface area (Å²) in [6.45, 7) is 0.831. The summed E-state index contributed by atoms with van der Waals surface area (Å²) in [7, 11) is 1.96. The van der Waals surface area contributed by atoms with E-state index >= 15 is 0 Å². The Bertz CT molecular complexity index is 389. The zero-order valence-corrected chi connectivity index (χ0v) is 11.0. The molecule has 86 valence electrons. The fraction of sp³-hybridized carbons (Fsp3) is 0.385. The van der Waals surface area contributed by atoms with E-state index < -0.39 is 0 Å². The molecule has 0 aromatic heterocycles. The molecule has 1 unspecified atom stereocenters. The van der Waals surface area contributed by atoms with Crippen molar-refractivity contribution < 1.29 is 4.74 Å². The topological polar surface area (TPSA) is 21.3 Å². The molecule has 1 heterocycles. The first kappa shape index (κ1) is 11.7. The largest absolute Gasteiger partial charge is 0.496 e. The van der Waals surface area contributed by atoms with Crippen LogP contribution in [0.5, 0.6) is 0 Å². The van der Waals surface area contributed by atoms with Gasteiger partial charge in [-0.05, 0) is 43.7 Å². The van der Waals surface area contributed by atoms with Crippen LogP contribution in [0.15, 0.2) is 40.6 Å². The van der Waals surface area contributed by atoms with Crippen molar-refractivity contribution in [2.75, 3.05) is 13.7 Å². The van der Waals surface area contributed by atoms with Crippen molar-refractivity contribution in [3.8, 4) is 0 Å². The summed E-state index contributed by atoms with van der Waals surface area (Å²) in [5.74, 6) is 1.05. The van der Waals surface area contributed by atoms with Crippen molar-refractivity contribution in [2.45, 2.75) is 18.9 Å². The Hall–Kier alpha value is -0.800. The third-order valence-corrected chi connectivity index (χ3v) is 3.21. The lowest BCUT2D eigenvalue weighted by molar-refractivity contribution is 0.169. The van der Waals surface area contributed by atoms with E-state index in [0.29, 0.717) is 0 Å². The van der Waals surface area contributed by atoms with E-state index in [1.165, 1.54) is 5.56 Å². The molecule has 1 aromatic rings. The number of likely N-dealkylation sites (N-methyl/N-ethyl adjacent to an activating group) is 1. The van der Waals surface area contributed by atoms with Crippen LogP contribution in [0.1, 0.15) is 24.4 Å². The minimum atomic E-state index is 0.165. The van der Waals surface area contributed by atoms with Crippen molar-refractivity contribution in [1.29, 1.82) is 0 Å². The van der Waals surface area contributed by atoms with E-state index in [1.54, 1.807) is 0 Å². The summed E-state index contributed by atoms with van der Waals surface area (Å²) in [6.07, 6.45) is 4.42. The molecule has 2 rings (SSSR count). The fourth-order valence-electron chi connectivity index (χ4n) is 1.94. The molecule has 0 spiro atoms. The van der Waals surface area contributed by atoms with Gasteiger partial charge in [0.25, 0.3) is 0 Å². The number of benzene rings is 1. The lowest BCUT2D eigenvalue weighted by Gasteiger charge is -2.23. The molecule has 1 atom stereocenters. The van der Waals surface area contributed by atoms with Crippen LogP contribution in [0.2, 0.25) is 0 Å². The van der Waals surface area contributed by atoms with Crippen molar-refractivity contribution in [3.05, 3.63) is 46.1 Å². The Kier molecular flexibility index (Phi) is 4.02. The highest BCUT2D eigenvalue weighted by molar-refractivity contribution is 9.10. The van der Waals surface area contributed by atoms with Gasteiger partial charge < -0.3 is 10.1 Å². The summed E-state index contributed by atoms with van der Waals surface area (Å²) >= 11 is 3.50. The molecule has 0 amide bonds. The van der Waals surface area contributed by atoms with Crippen LogP contribution in [0.25, 0.3) is 0 Å². The number of halogens is 1. The maximum absolute atomic E-state index is 5.71. The zero-order valence-electron chi connectivity index (χ0n) is 9.37. The number of allylic oxidation sites excluding steroid dienone is 1. The molecule has 0 saturated carbocycles. The first-order valence-electron chi connectivity index (χ1n) is 5.57. The minimum absolute atomic E-state index is 0.165. The third-order valence-electron chi connectivity index (χ3n) is 2.72. The quantitative estimate of drug-likeness (QED) is 0.917. The molecule has 0 fully saturated rings. The van der Waals surface area contributed by atoms with Gasteiger partial charge in [-0.25, -0.2) is 0 Å². The Labute approximate surface area is 105 Å². The lowest BCUT2D eigenvalue weighted by Crippen LogP contribution is -2.21. The molecule has 1 aliphatic rings. The van der Waals surface area contributed by atoms with Crippen LogP contribution >= 0.6 is 15.9 Å². The van der Waals surface area contributed by atoms with Gasteiger partial charge in [-0.2, -0.15) is 0 Å². The van der Waals surface area contributed by atoms with Gasteiger partial charge in [-0.1, -0.05) is 28.1 Å². The summed E-state index contributed by atoms with van der Waals surface area (Å²) in [5.41, 5.74) is 1.23. The maximum atomic E-state index is 5.71. The molecule has 1 N–H and O–H groups in total. The molecule has 2 nitrogen and oxygen atoms in total. The SMILES string of the molecule is CNC(C1=CCCCO1)c1cccc(Br)c1. The van der Waals surface area contributed by atoms with Gasteiger partial charge in [0.15, 0.2) is 0 Å². The van der Waals surface area contributed by atoms with E-state index in [2.05, 4.69) is 39.5 Å². The first-order chi connectivity index (χ1) is 7.81. The first-order valence-corrected chi connectivity index (χ1v) is 6.36. The second-order valence-electron chi connectivity index (χ2n) is 3.87. The highest BCUT2D eigenvalue weighted by Crippen LogP contribution is 2.27. The second kappa shape index (κ2) is 5.51. The number of hydrogen-bond acceptors (Lipinski definition) is 2. The third kappa shape index (κ3) is 2.66. The van der Waals surface area contributed by atoms with Crippen molar-refractivity contribution >= 4 is 15.9 Å². The molecule has 1 aromatic carbocycles. The number of rotatable bonds is 3. The predicted octanol–water partition coefficient (Wildman–Crippen LogP) is 3.40. The molecular weight excluding hydrogens is 266 g/mol. The van der Waals surface area contributed by atoms with Crippen LogP contribution < -0.4 is 5.32 Å². The predicted molar refractivity (Wildman–Crippen MR) is 69.2 cm³/mol. The van der Waals surface area contributed by atoms with Crippen molar-refractivity contribution in [3.63, 3.8) is 0 Å². The van der Waals surface area contributed by atoms with Gasteiger partial charge in [0, 0.05) is 4.47 Å². The average Bonchev–Trinajstić information content (AvgIpc) is 2.31. The van der Waals surface area contributed by atoms with Gasteiger partial charge in [0.1, 0.15) is 5.76 Å². The van der Waals surface area contributed by atoms with E-state index in [-0.39, 0.29) is 6.04 Å². The molecule has 0 saturated heterocycles. The van der Waals surface area contributed by atoms with Gasteiger partial charge in [0.05, 0.1) is 12.6 Å². The summed E-state index contributed by atoms with van der Waals surface area (Å²) in [4.78, 5) is 0. The Morgan fingerprint density at radius 1 is 1.44 bits per heavy atom. The summed E-state index contributed by atoms with van der Waals surface area (Å²) < 4.78 is 6.81. The van der Waals surface area contributed by atoms with Gasteiger partial charge >= 0.3 is 0 Å². The van der Waals surface area contributed by atoms with Crippen LogP contribution in [0.4, 0.5) is 0 Å². The molecule has 3 heteroatoms. The minimum Gasteiger partial charge on any atom is -0.496 e. The Balaban J connectivity index is 2.25. The van der Waals surface area contributed by atoms with E-state index in [9.17, 15) is 0 Å². The van der Waals surface area contributed by atoms with Crippen molar-refractivity contribution in [1.82, 2.24) is 5.32 Å². The zero-order chi connectivity index (χ0) is 11.4. The molecule has 0 aliphatic carbocycles. The molecule has 0 radical (unpaired) electrons. The maximum Gasteiger partial charge on any atom is 0.113 e. The molecular formula is C13H16BrNO. The fourth-order valence-corrected chi connectivity index (χ4v) is 2.35. The lowest BCUT2D eigenvalue weighted by atomic mass is 10.0. The monoisotopic (exact) mass is 281 g/mol. The van der Waals surface area contributed by atoms with Crippen LogP contribution in [0.3, 0.4) is 0 Å². The van der Waals surface area contributed by atoms with Crippen molar-refractivity contribution in [2.24, 2.45) is 0 Å². The van der Waals surface area contributed by atoms with E-state index in [4.69, 9.17) is 4.74 Å². The van der Waals surface area contributed by atoms with Crippen LogP contribution in [0, 0.1) is 0 Å². The smallest absolute Gasteiger partial charge is 0.113 e. The second-order valence-corrected chi connectivity index (χ2v) is 4.79. The Morgan fingerprint density at radius 3 is 2.94 bits per heavy atom. The standard InChI is InChI=1S/C13H16BrNO/c1-15-13(12-7-2-3-8-16-12)10-5-4-6-11(14)9-10/h4-7,9,13,15H,2-3,8H2,1H3. The summed E-state index contributed by atoms with van der Waals surface area (Å²) in [6, 6.07) is 8.49. The highest BCUT2D eigenvalue weighted by atomic mass is 79.9. The Morgan fingerprint density at radius 2 is 2.31 bits per heavy atom. The molecule has 0 bridgehead atoms. The van der Waals surface area contributed by atoms with E-state index in [1.807, 2.05) is 19.2 Å². The molecule has 1 aliphatic heterocycles. The van der Waals surface area contributed by atoms with Crippen LogP contribution in [-0.2, 0) is 4.74 Å². The number of ether oxygens (including phenoxy) is 1. The summed E-state index contributed by atoms with van der Waals surface area (Å²) in [5, 5.41) is 3.30. The number of hydrogen-bond donors (Lipinski definition) is 1.